The van der Waals surface area contributed by atoms with Gasteiger partial charge in [0, 0.05) is 36.3 Å². The largest absolute Gasteiger partial charge is 0.369 e. The lowest BCUT2D eigenvalue weighted by molar-refractivity contribution is 0.222. The normalized spacial score (nSPS) is 21.0. The van der Waals surface area contributed by atoms with Gasteiger partial charge in [0.05, 0.1) is 16.8 Å². The Morgan fingerprint density at radius 2 is 1.93 bits per heavy atom. The van der Waals surface area contributed by atoms with Crippen molar-refractivity contribution in [2.75, 3.05) is 18.0 Å². The van der Waals surface area contributed by atoms with Gasteiger partial charge in [-0.1, -0.05) is 0 Å². The highest BCUT2D eigenvalue weighted by Crippen LogP contribution is 2.53. The molecule has 2 heterocycles. The van der Waals surface area contributed by atoms with E-state index in [1.807, 2.05) is 0 Å². The van der Waals surface area contributed by atoms with Gasteiger partial charge in [-0.25, -0.2) is 5.14 Å². The second kappa shape index (κ2) is 6.64. The van der Waals surface area contributed by atoms with E-state index in [0.717, 1.165) is 61.8 Å². The van der Waals surface area contributed by atoms with Gasteiger partial charge in [-0.05, 0) is 75.1 Å². The van der Waals surface area contributed by atoms with Crippen LogP contribution in [0.2, 0.25) is 0 Å². The molecule has 0 unspecified atom stereocenters. The highest BCUT2D eigenvalue weighted by Gasteiger charge is 2.58. The maximum absolute atomic E-state index is 12.2. The molecular weight excluding hydrogens is 398 g/mol. The lowest BCUT2D eigenvalue weighted by Crippen LogP contribution is -2.53. The van der Waals surface area contributed by atoms with Gasteiger partial charge in [0.1, 0.15) is 6.07 Å². The van der Waals surface area contributed by atoms with Gasteiger partial charge in [0.25, 0.3) is 10.2 Å². The number of nitrogens with two attached hydrogens (primary N) is 1. The molecule has 8 heteroatoms. The average molecular weight is 426 g/mol. The van der Waals surface area contributed by atoms with Crippen molar-refractivity contribution >= 4 is 26.8 Å². The number of nitriles is 1. The van der Waals surface area contributed by atoms with Gasteiger partial charge in [-0.3, -0.25) is 4.98 Å². The van der Waals surface area contributed by atoms with E-state index in [9.17, 15) is 13.7 Å². The summed E-state index contributed by atoms with van der Waals surface area (Å²) in [7, 11) is -3.67. The molecule has 1 aliphatic heterocycles. The van der Waals surface area contributed by atoms with E-state index in [4.69, 9.17) is 5.14 Å². The van der Waals surface area contributed by atoms with Crippen LogP contribution in [0.4, 0.5) is 5.69 Å². The van der Waals surface area contributed by atoms with Crippen molar-refractivity contribution in [1.82, 2.24) is 9.29 Å². The molecular formula is C22H27N5O2S. The quantitative estimate of drug-likeness (QED) is 0.766. The molecule has 0 atom stereocenters. The lowest BCUT2D eigenvalue weighted by atomic mass is 9.89. The van der Waals surface area contributed by atoms with Crippen molar-refractivity contribution in [3.63, 3.8) is 0 Å². The molecule has 1 aromatic carbocycles. The molecule has 158 valence electrons. The number of hydrogen-bond donors (Lipinski definition) is 1. The first kappa shape index (κ1) is 19.7. The minimum atomic E-state index is -3.67. The molecule has 2 N–H and O–H groups in total. The standard InChI is InChI=1S/C22H27N5O2S/c1-14-7-19-20(8-15(14)2)25-11-17(10-23)21(19)26-12-16(13-26)9-22(5-6-22)27(18-3-4-18)30(24,28)29/h7-8,11,16,18H,3-6,9,12-13H2,1-2H3,(H2,24,28,29). The molecule has 0 bridgehead atoms. The first-order valence-corrected chi connectivity index (χ1v) is 12.1. The van der Waals surface area contributed by atoms with Gasteiger partial charge < -0.3 is 4.90 Å². The number of aromatic nitrogens is 1. The Morgan fingerprint density at radius 3 is 2.50 bits per heavy atom. The topological polar surface area (TPSA) is 103 Å². The van der Waals surface area contributed by atoms with E-state index in [1.165, 1.54) is 11.1 Å². The molecule has 2 aliphatic carbocycles. The fourth-order valence-corrected chi connectivity index (χ4v) is 6.54. The minimum Gasteiger partial charge on any atom is -0.369 e. The predicted molar refractivity (Wildman–Crippen MR) is 116 cm³/mol. The van der Waals surface area contributed by atoms with Crippen molar-refractivity contribution in [3.05, 3.63) is 35.0 Å². The molecule has 3 fully saturated rings. The van der Waals surface area contributed by atoms with E-state index < -0.39 is 10.2 Å². The molecule has 0 spiro atoms. The van der Waals surface area contributed by atoms with Crippen LogP contribution in [0, 0.1) is 31.1 Å². The zero-order valence-corrected chi connectivity index (χ0v) is 18.2. The Bertz CT molecular complexity index is 1170. The predicted octanol–water partition coefficient (Wildman–Crippen LogP) is 2.75. The van der Waals surface area contributed by atoms with Crippen molar-refractivity contribution in [2.45, 2.75) is 57.5 Å². The molecule has 30 heavy (non-hydrogen) atoms. The summed E-state index contributed by atoms with van der Waals surface area (Å²) in [5, 5.41) is 16.2. The van der Waals surface area contributed by atoms with Crippen LogP contribution < -0.4 is 10.0 Å². The maximum Gasteiger partial charge on any atom is 0.277 e. The van der Waals surface area contributed by atoms with Gasteiger partial charge in [0.15, 0.2) is 0 Å². The second-order valence-electron chi connectivity index (χ2n) is 9.36. The number of rotatable bonds is 6. The number of hydrogen-bond acceptors (Lipinski definition) is 5. The highest BCUT2D eigenvalue weighted by molar-refractivity contribution is 7.86. The van der Waals surface area contributed by atoms with Crippen molar-refractivity contribution < 1.29 is 8.42 Å². The Hall–Kier alpha value is -2.21. The second-order valence-corrected chi connectivity index (χ2v) is 10.8. The summed E-state index contributed by atoms with van der Waals surface area (Å²) in [6.45, 7) is 5.80. The van der Waals surface area contributed by atoms with Crippen molar-refractivity contribution in [3.8, 4) is 6.07 Å². The van der Waals surface area contributed by atoms with E-state index in [2.05, 4.69) is 41.9 Å². The Balaban J connectivity index is 1.38. The number of aryl methyl sites for hydroxylation is 2. The monoisotopic (exact) mass is 425 g/mol. The van der Waals surface area contributed by atoms with Crippen LogP contribution in [-0.4, -0.2) is 42.4 Å². The molecule has 7 nitrogen and oxygen atoms in total. The zero-order valence-electron chi connectivity index (χ0n) is 17.4. The van der Waals surface area contributed by atoms with Crippen LogP contribution in [0.3, 0.4) is 0 Å². The van der Waals surface area contributed by atoms with Crippen LogP contribution in [0.25, 0.3) is 10.9 Å². The Kier molecular flexibility index (Phi) is 4.37. The van der Waals surface area contributed by atoms with Gasteiger partial charge in [0.2, 0.25) is 0 Å². The van der Waals surface area contributed by atoms with Crippen LogP contribution >= 0.6 is 0 Å². The lowest BCUT2D eigenvalue weighted by Gasteiger charge is -2.44. The number of nitrogens with zero attached hydrogens (tertiary/aromatic N) is 4. The maximum atomic E-state index is 12.2. The third kappa shape index (κ3) is 3.25. The molecule has 3 aliphatic rings. The minimum absolute atomic E-state index is 0.0965. The zero-order chi connectivity index (χ0) is 21.3. The van der Waals surface area contributed by atoms with Crippen LogP contribution in [0.15, 0.2) is 18.3 Å². The summed E-state index contributed by atoms with van der Waals surface area (Å²) >= 11 is 0. The van der Waals surface area contributed by atoms with Crippen LogP contribution in [0.1, 0.15) is 48.8 Å². The van der Waals surface area contributed by atoms with E-state index in [1.54, 1.807) is 10.5 Å². The summed E-state index contributed by atoms with van der Waals surface area (Å²) in [6.07, 6.45) is 6.15. The third-order valence-corrected chi connectivity index (χ3v) is 8.20. The molecule has 2 saturated carbocycles. The number of anilines is 1. The van der Waals surface area contributed by atoms with Crippen LogP contribution in [-0.2, 0) is 10.2 Å². The molecule has 1 aromatic heterocycles. The first-order valence-electron chi connectivity index (χ1n) is 10.6. The van der Waals surface area contributed by atoms with E-state index >= 15 is 0 Å². The Labute approximate surface area is 177 Å². The molecule has 0 amide bonds. The number of benzene rings is 1. The van der Waals surface area contributed by atoms with Crippen molar-refractivity contribution in [2.24, 2.45) is 11.1 Å². The van der Waals surface area contributed by atoms with E-state index in [0.29, 0.717) is 11.5 Å². The third-order valence-electron chi connectivity index (χ3n) is 6.96. The van der Waals surface area contributed by atoms with Gasteiger partial charge >= 0.3 is 0 Å². The summed E-state index contributed by atoms with van der Waals surface area (Å²) in [5.41, 5.74) is 4.54. The number of pyridine rings is 1. The molecule has 0 radical (unpaired) electrons. The SMILES string of the molecule is Cc1cc2ncc(C#N)c(N3CC(CC4(N(C5CC5)S(N)(=O)=O)CC4)C3)c2cc1C. The summed E-state index contributed by atoms with van der Waals surface area (Å²) in [4.78, 5) is 6.73. The number of fused-ring (bicyclic) bond motifs is 1. The molecule has 5 rings (SSSR count). The summed E-state index contributed by atoms with van der Waals surface area (Å²) in [6, 6.07) is 6.60. The van der Waals surface area contributed by atoms with Gasteiger partial charge in [-0.15, -0.1) is 0 Å². The fourth-order valence-electron chi connectivity index (χ4n) is 5.11. The van der Waals surface area contributed by atoms with Gasteiger partial charge in [-0.2, -0.15) is 18.0 Å². The summed E-state index contributed by atoms with van der Waals surface area (Å²) in [5.74, 6) is 0.400. The smallest absolute Gasteiger partial charge is 0.277 e. The van der Waals surface area contributed by atoms with Crippen molar-refractivity contribution in [1.29, 1.82) is 5.26 Å². The summed E-state index contributed by atoms with van der Waals surface area (Å²) < 4.78 is 26.0. The fraction of sp³-hybridized carbons (Fsp3) is 0.545. The first-order chi connectivity index (χ1) is 14.2. The average Bonchev–Trinajstić information content (AvgIpc) is 3.56. The molecule has 1 saturated heterocycles. The highest BCUT2D eigenvalue weighted by atomic mass is 32.2. The Morgan fingerprint density at radius 1 is 1.27 bits per heavy atom. The van der Waals surface area contributed by atoms with Crippen LogP contribution in [0.5, 0.6) is 0 Å². The molecule has 2 aromatic rings. The van der Waals surface area contributed by atoms with E-state index in [-0.39, 0.29) is 11.6 Å².